The molecule has 0 aliphatic rings. The van der Waals surface area contributed by atoms with Crippen molar-refractivity contribution < 1.29 is 4.74 Å². The lowest BCUT2D eigenvalue weighted by Gasteiger charge is -2.13. The number of ether oxygens (including phenoxy) is 1. The maximum absolute atomic E-state index is 5.33. The number of hydrazine groups is 1. The van der Waals surface area contributed by atoms with E-state index >= 15 is 0 Å². The lowest BCUT2D eigenvalue weighted by molar-refractivity contribution is 0.312. The van der Waals surface area contributed by atoms with Crippen LogP contribution in [0.2, 0.25) is 0 Å². The van der Waals surface area contributed by atoms with Crippen LogP contribution in [0.1, 0.15) is 24.8 Å². The number of hydrogen-bond acceptors (Lipinski definition) is 8. The number of nitrogens with two attached hydrogens (primary N) is 1. The second kappa shape index (κ2) is 6.30. The third-order valence-electron chi connectivity index (χ3n) is 2.33. The summed E-state index contributed by atoms with van der Waals surface area (Å²) < 4.78 is 5.27. The smallest absolute Gasteiger partial charge is 0.323 e. The Morgan fingerprint density at radius 3 is 2.79 bits per heavy atom. The molecule has 2 aromatic rings. The van der Waals surface area contributed by atoms with E-state index < -0.39 is 0 Å². The fourth-order valence-electron chi connectivity index (χ4n) is 1.48. The minimum atomic E-state index is 0.0995. The largest absolute Gasteiger partial charge is 0.464 e. The van der Waals surface area contributed by atoms with Crippen molar-refractivity contribution in [3.63, 3.8) is 0 Å². The number of thiophene rings is 1. The zero-order valence-electron chi connectivity index (χ0n) is 10.8. The SMILES string of the molecule is CCOc1nc(NN)nc(NC(C)c2cccs2)n1. The number of aromatic nitrogens is 3. The average molecular weight is 280 g/mol. The Balaban J connectivity index is 2.16. The quantitative estimate of drug-likeness (QED) is 0.548. The molecular formula is C11H16N6OS. The van der Waals surface area contributed by atoms with Gasteiger partial charge in [0.2, 0.25) is 11.9 Å². The zero-order valence-corrected chi connectivity index (χ0v) is 11.6. The molecule has 1 atom stereocenters. The number of nitrogen functional groups attached to an aromatic ring is 1. The molecule has 0 spiro atoms. The summed E-state index contributed by atoms with van der Waals surface area (Å²) in [5, 5.41) is 5.22. The lowest BCUT2D eigenvalue weighted by Crippen LogP contribution is -2.15. The molecule has 4 N–H and O–H groups in total. The van der Waals surface area contributed by atoms with Crippen molar-refractivity contribution in [2.75, 3.05) is 17.3 Å². The molecule has 102 valence electrons. The lowest BCUT2D eigenvalue weighted by atomic mass is 10.3. The second-order valence-corrected chi connectivity index (χ2v) is 4.70. The van der Waals surface area contributed by atoms with Crippen LogP contribution >= 0.6 is 11.3 Å². The van der Waals surface area contributed by atoms with Gasteiger partial charge in [-0.2, -0.15) is 15.0 Å². The minimum absolute atomic E-state index is 0.0995. The summed E-state index contributed by atoms with van der Waals surface area (Å²) in [6, 6.07) is 4.40. The first-order valence-electron chi connectivity index (χ1n) is 5.88. The van der Waals surface area contributed by atoms with Gasteiger partial charge in [-0.05, 0) is 25.3 Å². The Morgan fingerprint density at radius 2 is 2.16 bits per heavy atom. The molecule has 0 aliphatic carbocycles. The molecule has 0 bridgehead atoms. The van der Waals surface area contributed by atoms with Crippen molar-refractivity contribution in [2.24, 2.45) is 5.84 Å². The molecule has 0 radical (unpaired) electrons. The highest BCUT2D eigenvalue weighted by Gasteiger charge is 2.11. The van der Waals surface area contributed by atoms with Crippen LogP contribution in [-0.4, -0.2) is 21.6 Å². The van der Waals surface area contributed by atoms with Gasteiger partial charge in [-0.15, -0.1) is 11.3 Å². The van der Waals surface area contributed by atoms with E-state index in [1.54, 1.807) is 11.3 Å². The van der Waals surface area contributed by atoms with Crippen molar-refractivity contribution in [1.82, 2.24) is 15.0 Å². The standard InChI is InChI=1S/C11H16N6OS/c1-3-18-11-15-9(14-10(16-11)17-12)13-7(2)8-5-4-6-19-8/h4-7H,3,12H2,1-2H3,(H2,13,14,15,16,17). The van der Waals surface area contributed by atoms with Crippen molar-refractivity contribution in [3.8, 4) is 6.01 Å². The molecule has 1 unspecified atom stereocenters. The van der Waals surface area contributed by atoms with Crippen LogP contribution in [0.15, 0.2) is 17.5 Å². The predicted molar refractivity (Wildman–Crippen MR) is 75.2 cm³/mol. The fraction of sp³-hybridized carbons (Fsp3) is 0.364. The number of anilines is 2. The summed E-state index contributed by atoms with van der Waals surface area (Å²) in [5.74, 6) is 6.01. The van der Waals surface area contributed by atoms with Crippen molar-refractivity contribution in [3.05, 3.63) is 22.4 Å². The molecule has 8 heteroatoms. The molecule has 0 fully saturated rings. The predicted octanol–water partition coefficient (Wildman–Crippen LogP) is 1.79. The maximum Gasteiger partial charge on any atom is 0.323 e. The first kappa shape index (κ1) is 13.5. The van der Waals surface area contributed by atoms with E-state index in [4.69, 9.17) is 10.6 Å². The highest BCUT2D eigenvalue weighted by molar-refractivity contribution is 7.10. The third kappa shape index (κ3) is 3.52. The van der Waals surface area contributed by atoms with Gasteiger partial charge in [0.15, 0.2) is 0 Å². The summed E-state index contributed by atoms with van der Waals surface area (Å²) in [6.07, 6.45) is 0. The van der Waals surface area contributed by atoms with Gasteiger partial charge in [0, 0.05) is 4.88 Å². The van der Waals surface area contributed by atoms with Gasteiger partial charge in [-0.1, -0.05) is 6.07 Å². The van der Waals surface area contributed by atoms with Crippen LogP contribution in [0.3, 0.4) is 0 Å². The average Bonchev–Trinajstić information content (AvgIpc) is 2.92. The van der Waals surface area contributed by atoms with Gasteiger partial charge in [0.25, 0.3) is 0 Å². The van der Waals surface area contributed by atoms with Crippen LogP contribution < -0.4 is 21.3 Å². The van der Waals surface area contributed by atoms with Crippen LogP contribution in [0.4, 0.5) is 11.9 Å². The van der Waals surface area contributed by atoms with Crippen molar-refractivity contribution >= 4 is 23.2 Å². The van der Waals surface area contributed by atoms with Gasteiger partial charge in [-0.25, -0.2) is 5.84 Å². The Hall–Kier alpha value is -1.93. The maximum atomic E-state index is 5.33. The van der Waals surface area contributed by atoms with Gasteiger partial charge in [0.05, 0.1) is 12.6 Å². The van der Waals surface area contributed by atoms with Crippen LogP contribution in [0, 0.1) is 0 Å². The van der Waals surface area contributed by atoms with E-state index in [9.17, 15) is 0 Å². The molecule has 0 aliphatic heterocycles. The monoisotopic (exact) mass is 280 g/mol. The van der Waals surface area contributed by atoms with E-state index in [1.165, 1.54) is 4.88 Å². The van der Waals surface area contributed by atoms with Crippen LogP contribution in [0.5, 0.6) is 6.01 Å². The Kier molecular flexibility index (Phi) is 4.48. The summed E-state index contributed by atoms with van der Waals surface area (Å²) in [6.45, 7) is 4.38. The highest BCUT2D eigenvalue weighted by atomic mass is 32.1. The minimum Gasteiger partial charge on any atom is -0.464 e. The Bertz CT molecular complexity index is 518. The summed E-state index contributed by atoms with van der Waals surface area (Å²) in [5.41, 5.74) is 2.39. The number of hydrogen-bond donors (Lipinski definition) is 3. The summed E-state index contributed by atoms with van der Waals surface area (Å²) in [4.78, 5) is 13.5. The summed E-state index contributed by atoms with van der Waals surface area (Å²) >= 11 is 1.67. The van der Waals surface area contributed by atoms with E-state index in [-0.39, 0.29) is 18.0 Å². The molecule has 2 rings (SSSR count). The topological polar surface area (TPSA) is 98.0 Å². The number of nitrogens with one attached hydrogen (secondary N) is 2. The van der Waals surface area contributed by atoms with Gasteiger partial charge in [-0.3, -0.25) is 5.43 Å². The van der Waals surface area contributed by atoms with Crippen molar-refractivity contribution in [1.29, 1.82) is 0 Å². The molecule has 2 heterocycles. The second-order valence-electron chi connectivity index (χ2n) is 3.72. The number of nitrogens with zero attached hydrogens (tertiary/aromatic N) is 3. The number of rotatable bonds is 6. The van der Waals surface area contributed by atoms with Crippen LogP contribution in [-0.2, 0) is 0 Å². The third-order valence-corrected chi connectivity index (χ3v) is 3.39. The van der Waals surface area contributed by atoms with E-state index in [0.29, 0.717) is 12.6 Å². The normalized spacial score (nSPS) is 11.9. The Labute approximate surface area is 115 Å². The van der Waals surface area contributed by atoms with E-state index in [0.717, 1.165) is 0 Å². The molecular weight excluding hydrogens is 264 g/mol. The zero-order chi connectivity index (χ0) is 13.7. The van der Waals surface area contributed by atoms with Crippen molar-refractivity contribution in [2.45, 2.75) is 19.9 Å². The van der Waals surface area contributed by atoms with Gasteiger partial charge >= 0.3 is 6.01 Å². The van der Waals surface area contributed by atoms with Gasteiger partial charge < -0.3 is 10.1 Å². The van der Waals surface area contributed by atoms with E-state index in [1.807, 2.05) is 25.3 Å². The molecule has 0 aromatic carbocycles. The molecule has 0 saturated heterocycles. The molecule has 7 nitrogen and oxygen atoms in total. The first-order chi connectivity index (χ1) is 9.22. The van der Waals surface area contributed by atoms with Gasteiger partial charge in [0.1, 0.15) is 0 Å². The Morgan fingerprint density at radius 1 is 1.37 bits per heavy atom. The highest BCUT2D eigenvalue weighted by Crippen LogP contribution is 2.22. The molecule has 0 amide bonds. The fourth-order valence-corrected chi connectivity index (χ4v) is 2.22. The molecule has 2 aromatic heterocycles. The van der Waals surface area contributed by atoms with E-state index in [2.05, 4.69) is 31.8 Å². The first-order valence-corrected chi connectivity index (χ1v) is 6.76. The van der Waals surface area contributed by atoms with Crippen LogP contribution in [0.25, 0.3) is 0 Å². The summed E-state index contributed by atoms with van der Waals surface area (Å²) in [7, 11) is 0. The molecule has 19 heavy (non-hydrogen) atoms. The molecule has 0 saturated carbocycles.